The van der Waals surface area contributed by atoms with E-state index in [1.165, 1.54) is 4.90 Å². The topological polar surface area (TPSA) is 113 Å². The molecule has 1 spiro atoms. The molecule has 2 saturated heterocycles. The van der Waals surface area contributed by atoms with Gasteiger partial charge in [-0.05, 0) is 18.9 Å². The zero-order chi connectivity index (χ0) is 22.2. The Bertz CT molecular complexity index is 1010. The van der Waals surface area contributed by atoms with Crippen LogP contribution in [-0.2, 0) is 25.0 Å². The van der Waals surface area contributed by atoms with Gasteiger partial charge in [-0.25, -0.2) is 13.2 Å². The van der Waals surface area contributed by atoms with E-state index in [4.69, 9.17) is 4.74 Å². The SMILES string of the molecule is CCCCN(C(=O)CN1C(=O)NC2(CCOc3ccccc32)C1=O)C1CCS(=O)(=O)C1. The van der Waals surface area contributed by atoms with Crippen LogP contribution < -0.4 is 10.1 Å². The van der Waals surface area contributed by atoms with Crippen molar-refractivity contribution in [3.63, 3.8) is 0 Å². The molecule has 2 fully saturated rings. The minimum atomic E-state index is -3.17. The summed E-state index contributed by atoms with van der Waals surface area (Å²) in [4.78, 5) is 41.8. The van der Waals surface area contributed by atoms with Crippen LogP contribution in [0.2, 0.25) is 0 Å². The standard InChI is InChI=1S/C21H27N3O6S/c1-2-3-10-23(15-8-12-31(28,29)14-15)18(25)13-24-19(26)21(22-20(24)27)9-11-30-17-7-5-4-6-16(17)21/h4-7,15H,2-3,8-14H2,1H3,(H,22,27). The number of fused-ring (bicyclic) bond motifs is 2. The molecule has 3 aliphatic rings. The van der Waals surface area contributed by atoms with Crippen LogP contribution in [0.25, 0.3) is 0 Å². The molecule has 0 aromatic heterocycles. The second-order valence-electron chi connectivity index (χ2n) is 8.32. The highest BCUT2D eigenvalue weighted by Gasteiger charge is 2.55. The number of unbranched alkanes of at least 4 members (excludes halogenated alkanes) is 1. The van der Waals surface area contributed by atoms with Gasteiger partial charge in [-0.2, -0.15) is 0 Å². The first-order chi connectivity index (χ1) is 14.8. The van der Waals surface area contributed by atoms with Gasteiger partial charge in [-0.1, -0.05) is 31.5 Å². The average Bonchev–Trinajstić information content (AvgIpc) is 3.21. The minimum absolute atomic E-state index is 0.0522. The minimum Gasteiger partial charge on any atom is -0.493 e. The summed E-state index contributed by atoms with van der Waals surface area (Å²) in [5.41, 5.74) is -0.656. The Balaban J connectivity index is 1.55. The number of sulfone groups is 1. The zero-order valence-corrected chi connectivity index (χ0v) is 18.3. The number of rotatable bonds is 6. The lowest BCUT2D eigenvalue weighted by Crippen LogP contribution is -2.50. The van der Waals surface area contributed by atoms with Crippen molar-refractivity contribution in [1.29, 1.82) is 0 Å². The Labute approximate surface area is 181 Å². The Hall–Kier alpha value is -2.62. The van der Waals surface area contributed by atoms with Gasteiger partial charge in [0, 0.05) is 24.6 Å². The van der Waals surface area contributed by atoms with Gasteiger partial charge in [0.25, 0.3) is 5.91 Å². The van der Waals surface area contributed by atoms with Crippen LogP contribution in [-0.4, -0.2) is 73.3 Å². The molecule has 4 amide bonds. The first kappa shape index (κ1) is 21.6. The molecule has 2 atom stereocenters. The smallest absolute Gasteiger partial charge is 0.325 e. The number of nitrogens with zero attached hydrogens (tertiary/aromatic N) is 2. The summed E-state index contributed by atoms with van der Waals surface area (Å²) in [6.07, 6.45) is 2.22. The van der Waals surface area contributed by atoms with Gasteiger partial charge in [0.05, 0.1) is 18.1 Å². The normalized spacial score (nSPS) is 26.5. The maximum atomic E-state index is 13.4. The van der Waals surface area contributed by atoms with Crippen LogP contribution in [0.1, 0.15) is 38.2 Å². The van der Waals surface area contributed by atoms with Crippen LogP contribution in [0, 0.1) is 0 Å². The summed E-state index contributed by atoms with van der Waals surface area (Å²) < 4.78 is 29.5. The van der Waals surface area contributed by atoms with Crippen molar-refractivity contribution in [3.05, 3.63) is 29.8 Å². The van der Waals surface area contributed by atoms with Crippen LogP contribution in [0.3, 0.4) is 0 Å². The molecule has 9 nitrogen and oxygen atoms in total. The maximum Gasteiger partial charge on any atom is 0.325 e. The molecule has 3 aliphatic heterocycles. The molecule has 31 heavy (non-hydrogen) atoms. The van der Waals surface area contributed by atoms with Gasteiger partial charge in [0.2, 0.25) is 5.91 Å². The number of ether oxygens (including phenoxy) is 1. The van der Waals surface area contributed by atoms with Crippen molar-refractivity contribution in [2.75, 3.05) is 31.2 Å². The average molecular weight is 450 g/mol. The molecule has 1 aromatic carbocycles. The highest BCUT2D eigenvalue weighted by molar-refractivity contribution is 7.91. The van der Waals surface area contributed by atoms with Crippen LogP contribution in [0.4, 0.5) is 4.79 Å². The number of imide groups is 1. The number of para-hydroxylation sites is 1. The number of carbonyl (C=O) groups excluding carboxylic acids is 3. The van der Waals surface area contributed by atoms with Gasteiger partial charge in [-0.3, -0.25) is 14.5 Å². The van der Waals surface area contributed by atoms with E-state index in [9.17, 15) is 22.8 Å². The molecule has 0 aliphatic carbocycles. The Kier molecular flexibility index (Phi) is 5.67. The summed E-state index contributed by atoms with van der Waals surface area (Å²) in [7, 11) is -3.17. The predicted octanol–water partition coefficient (Wildman–Crippen LogP) is 1.03. The lowest BCUT2D eigenvalue weighted by Gasteiger charge is -2.33. The lowest BCUT2D eigenvalue weighted by atomic mass is 9.84. The number of urea groups is 1. The number of nitrogens with one attached hydrogen (secondary N) is 1. The van der Waals surface area contributed by atoms with Gasteiger partial charge < -0.3 is 15.0 Å². The number of benzene rings is 1. The Morgan fingerprint density at radius 1 is 1.32 bits per heavy atom. The van der Waals surface area contributed by atoms with Crippen molar-refractivity contribution in [1.82, 2.24) is 15.1 Å². The van der Waals surface area contributed by atoms with Crippen molar-refractivity contribution < 1.29 is 27.5 Å². The van der Waals surface area contributed by atoms with Gasteiger partial charge in [-0.15, -0.1) is 0 Å². The third kappa shape index (κ3) is 3.88. The number of carbonyl (C=O) groups is 3. The van der Waals surface area contributed by atoms with Crippen molar-refractivity contribution in [2.45, 2.75) is 44.2 Å². The summed E-state index contributed by atoms with van der Waals surface area (Å²) >= 11 is 0. The molecule has 4 rings (SSSR count). The molecular formula is C21H27N3O6S. The first-order valence-corrected chi connectivity index (χ1v) is 12.5. The molecule has 168 valence electrons. The fourth-order valence-electron chi connectivity index (χ4n) is 4.60. The van der Waals surface area contributed by atoms with Crippen LogP contribution in [0.15, 0.2) is 24.3 Å². The number of amides is 4. The molecule has 1 N–H and O–H groups in total. The first-order valence-electron chi connectivity index (χ1n) is 10.6. The third-order valence-corrected chi connectivity index (χ3v) is 8.02. The summed E-state index contributed by atoms with van der Waals surface area (Å²) in [5, 5.41) is 2.79. The third-order valence-electron chi connectivity index (χ3n) is 6.27. The zero-order valence-electron chi connectivity index (χ0n) is 17.5. The molecule has 1 aromatic rings. The Morgan fingerprint density at radius 2 is 2.10 bits per heavy atom. The predicted molar refractivity (Wildman–Crippen MR) is 112 cm³/mol. The van der Waals surface area contributed by atoms with E-state index in [0.29, 0.717) is 24.3 Å². The largest absolute Gasteiger partial charge is 0.493 e. The van der Waals surface area contributed by atoms with Gasteiger partial charge in [0.15, 0.2) is 15.4 Å². The maximum absolute atomic E-state index is 13.4. The van der Waals surface area contributed by atoms with Gasteiger partial charge in [0.1, 0.15) is 12.3 Å². The molecule has 0 radical (unpaired) electrons. The Morgan fingerprint density at radius 3 is 2.81 bits per heavy atom. The van der Waals surface area contributed by atoms with E-state index >= 15 is 0 Å². The van der Waals surface area contributed by atoms with Crippen molar-refractivity contribution in [3.8, 4) is 5.75 Å². The summed E-state index contributed by atoms with van der Waals surface area (Å²) in [5.74, 6) is -0.364. The monoisotopic (exact) mass is 449 g/mol. The fourth-order valence-corrected chi connectivity index (χ4v) is 6.33. The fraction of sp³-hybridized carbons (Fsp3) is 0.571. The molecular weight excluding hydrogens is 422 g/mol. The van der Waals surface area contributed by atoms with E-state index in [1.54, 1.807) is 24.3 Å². The molecule has 3 heterocycles. The van der Waals surface area contributed by atoms with Crippen LogP contribution >= 0.6 is 0 Å². The molecule has 0 bridgehead atoms. The van der Waals surface area contributed by atoms with Crippen molar-refractivity contribution >= 4 is 27.7 Å². The van der Waals surface area contributed by atoms with Crippen molar-refractivity contribution in [2.24, 2.45) is 0 Å². The number of hydrogen-bond donors (Lipinski definition) is 1. The van der Waals surface area contributed by atoms with Gasteiger partial charge >= 0.3 is 6.03 Å². The van der Waals surface area contributed by atoms with E-state index < -0.39 is 45.8 Å². The molecule has 2 unspecified atom stereocenters. The highest BCUT2D eigenvalue weighted by Crippen LogP contribution is 2.41. The van der Waals surface area contributed by atoms with E-state index in [1.807, 2.05) is 6.92 Å². The lowest BCUT2D eigenvalue weighted by molar-refractivity contribution is -0.140. The summed E-state index contributed by atoms with van der Waals surface area (Å²) in [6.45, 7) is 2.25. The van der Waals surface area contributed by atoms with E-state index in [0.717, 1.165) is 17.7 Å². The summed E-state index contributed by atoms with van der Waals surface area (Å²) in [6, 6.07) is 6.02. The number of hydrogen-bond acceptors (Lipinski definition) is 6. The van der Waals surface area contributed by atoms with Crippen LogP contribution in [0.5, 0.6) is 5.75 Å². The second-order valence-corrected chi connectivity index (χ2v) is 10.5. The molecule has 10 heteroatoms. The van der Waals surface area contributed by atoms with E-state index in [-0.39, 0.29) is 24.5 Å². The second kappa shape index (κ2) is 8.14. The quantitative estimate of drug-likeness (QED) is 0.649. The molecule has 0 saturated carbocycles. The van der Waals surface area contributed by atoms with E-state index in [2.05, 4.69) is 5.32 Å². The highest BCUT2D eigenvalue weighted by atomic mass is 32.2.